The molecule has 0 amide bonds. The van der Waals surface area contributed by atoms with Crippen LogP contribution in [-0.2, 0) is 0 Å². The van der Waals surface area contributed by atoms with Crippen LogP contribution in [-0.4, -0.2) is 24.1 Å². The van der Waals surface area contributed by atoms with Gasteiger partial charge in [0.15, 0.2) is 5.82 Å². The molecule has 0 aliphatic heterocycles. The minimum atomic E-state index is 0.146. The van der Waals surface area contributed by atoms with Crippen molar-refractivity contribution in [2.75, 3.05) is 5.32 Å². The largest absolute Gasteiger partial charge is 0.322 e. The molecule has 116 valence electrons. The first-order chi connectivity index (χ1) is 11.7. The maximum absolute atomic E-state index is 8.85. The van der Waals surface area contributed by atoms with E-state index in [9.17, 15) is 0 Å². The average Bonchev–Trinajstić information content (AvgIpc) is 3.24. The Bertz CT molecular complexity index is 1060. The van der Waals surface area contributed by atoms with Crippen LogP contribution in [0, 0.1) is 11.3 Å². The maximum Gasteiger partial charge on any atom is 0.243 e. The first-order valence-corrected chi connectivity index (χ1v) is 7.43. The molecule has 0 atom stereocenters. The van der Waals surface area contributed by atoms with E-state index < -0.39 is 0 Å². The SMILES string of the molecule is N#Cc1ccc(-n2cnc(Nc3nc(Cl)nn4cccc34)c2)cc1. The lowest BCUT2D eigenvalue weighted by molar-refractivity contribution is 0.907. The zero-order valence-corrected chi connectivity index (χ0v) is 13.0. The number of rotatable bonds is 3. The third-order valence-corrected chi connectivity index (χ3v) is 3.65. The summed E-state index contributed by atoms with van der Waals surface area (Å²) in [5.74, 6) is 1.20. The van der Waals surface area contributed by atoms with Crippen molar-refractivity contribution in [3.8, 4) is 11.8 Å². The summed E-state index contributed by atoms with van der Waals surface area (Å²) in [5, 5.41) is 16.2. The van der Waals surface area contributed by atoms with Gasteiger partial charge in [-0.2, -0.15) is 10.2 Å². The van der Waals surface area contributed by atoms with Gasteiger partial charge >= 0.3 is 0 Å². The summed E-state index contributed by atoms with van der Waals surface area (Å²) in [7, 11) is 0. The number of hydrogen-bond acceptors (Lipinski definition) is 5. The molecule has 3 aromatic heterocycles. The molecule has 0 aliphatic rings. The van der Waals surface area contributed by atoms with Gasteiger partial charge in [-0.1, -0.05) is 0 Å². The summed E-state index contributed by atoms with van der Waals surface area (Å²) in [4.78, 5) is 8.54. The quantitative estimate of drug-likeness (QED) is 0.621. The van der Waals surface area contributed by atoms with E-state index in [1.165, 1.54) is 0 Å². The van der Waals surface area contributed by atoms with Crippen LogP contribution in [0.1, 0.15) is 5.56 Å². The fourth-order valence-corrected chi connectivity index (χ4v) is 2.52. The molecule has 1 aromatic carbocycles. The molecule has 1 N–H and O–H groups in total. The van der Waals surface area contributed by atoms with E-state index in [-0.39, 0.29) is 5.28 Å². The zero-order chi connectivity index (χ0) is 16.5. The second-order valence-corrected chi connectivity index (χ2v) is 5.36. The van der Waals surface area contributed by atoms with Gasteiger partial charge in [0.1, 0.15) is 17.7 Å². The highest BCUT2D eigenvalue weighted by Crippen LogP contribution is 2.21. The lowest BCUT2D eigenvalue weighted by atomic mass is 10.2. The molecule has 7 nitrogen and oxygen atoms in total. The lowest BCUT2D eigenvalue weighted by Gasteiger charge is -2.05. The first-order valence-electron chi connectivity index (χ1n) is 7.05. The van der Waals surface area contributed by atoms with Crippen molar-refractivity contribution >= 4 is 28.8 Å². The predicted octanol–water partition coefficient (Wildman–Crippen LogP) is 3.18. The number of benzene rings is 1. The highest BCUT2D eigenvalue weighted by molar-refractivity contribution is 6.28. The Morgan fingerprint density at radius 1 is 1.17 bits per heavy atom. The Morgan fingerprint density at radius 2 is 2.00 bits per heavy atom. The van der Waals surface area contributed by atoms with E-state index >= 15 is 0 Å². The number of imidazole rings is 1. The van der Waals surface area contributed by atoms with Crippen LogP contribution in [0.25, 0.3) is 11.2 Å². The van der Waals surface area contributed by atoms with Gasteiger partial charge in [0, 0.05) is 11.9 Å². The number of nitriles is 1. The zero-order valence-electron chi connectivity index (χ0n) is 12.3. The number of halogens is 1. The molecule has 0 fully saturated rings. The Kier molecular flexibility index (Phi) is 3.37. The fraction of sp³-hybridized carbons (Fsp3) is 0. The van der Waals surface area contributed by atoms with Gasteiger partial charge in [-0.05, 0) is 48.0 Å². The smallest absolute Gasteiger partial charge is 0.243 e. The standard InChI is InChI=1S/C16H10ClN7/c17-16-21-15(13-2-1-7-24(13)22-16)20-14-9-23(10-19-14)12-5-3-11(8-18)4-6-12/h1-7,9-10H,(H,20,21,22). The fourth-order valence-electron chi connectivity index (χ4n) is 2.36. The number of aromatic nitrogens is 5. The summed E-state index contributed by atoms with van der Waals surface area (Å²) in [6.45, 7) is 0. The van der Waals surface area contributed by atoms with E-state index in [1.54, 1.807) is 29.2 Å². The van der Waals surface area contributed by atoms with Crippen molar-refractivity contribution in [1.29, 1.82) is 5.26 Å². The normalized spacial score (nSPS) is 10.7. The number of anilines is 2. The molecule has 3 heterocycles. The van der Waals surface area contributed by atoms with E-state index in [0.29, 0.717) is 17.2 Å². The van der Waals surface area contributed by atoms with Crippen LogP contribution in [0.5, 0.6) is 0 Å². The van der Waals surface area contributed by atoms with Gasteiger partial charge in [-0.25, -0.2) is 9.50 Å². The number of nitrogens with zero attached hydrogens (tertiary/aromatic N) is 6. The van der Waals surface area contributed by atoms with Gasteiger partial charge in [0.2, 0.25) is 5.28 Å². The minimum absolute atomic E-state index is 0.146. The van der Waals surface area contributed by atoms with Gasteiger partial charge in [0.05, 0.1) is 17.8 Å². The Hall–Kier alpha value is -3.37. The summed E-state index contributed by atoms with van der Waals surface area (Å²) in [6, 6.07) is 13.1. The van der Waals surface area contributed by atoms with Crippen LogP contribution >= 0.6 is 11.6 Å². The molecular weight excluding hydrogens is 326 g/mol. The molecular formula is C16H10ClN7. The van der Waals surface area contributed by atoms with Crippen molar-refractivity contribution in [3.05, 3.63) is 66.0 Å². The summed E-state index contributed by atoms with van der Waals surface area (Å²) in [5.41, 5.74) is 2.32. The number of hydrogen-bond donors (Lipinski definition) is 1. The van der Waals surface area contributed by atoms with Gasteiger partial charge in [0.25, 0.3) is 0 Å². The van der Waals surface area contributed by atoms with E-state index in [0.717, 1.165) is 11.2 Å². The van der Waals surface area contributed by atoms with Crippen molar-refractivity contribution < 1.29 is 0 Å². The van der Waals surface area contributed by atoms with E-state index in [4.69, 9.17) is 16.9 Å². The molecule has 0 aliphatic carbocycles. The van der Waals surface area contributed by atoms with Crippen LogP contribution in [0.3, 0.4) is 0 Å². The molecule has 8 heteroatoms. The molecule has 4 aromatic rings. The van der Waals surface area contributed by atoms with Crippen molar-refractivity contribution in [3.63, 3.8) is 0 Å². The van der Waals surface area contributed by atoms with Crippen LogP contribution in [0.2, 0.25) is 5.28 Å². The molecule has 0 spiro atoms. The Morgan fingerprint density at radius 3 is 2.79 bits per heavy atom. The number of fused-ring (bicyclic) bond motifs is 1. The van der Waals surface area contributed by atoms with Crippen LogP contribution in [0.15, 0.2) is 55.1 Å². The Balaban J connectivity index is 1.65. The molecule has 0 bridgehead atoms. The summed E-state index contributed by atoms with van der Waals surface area (Å²) in [6.07, 6.45) is 5.31. The number of nitrogens with one attached hydrogen (secondary N) is 1. The van der Waals surface area contributed by atoms with Crippen molar-refractivity contribution in [1.82, 2.24) is 24.1 Å². The molecule has 0 unspecified atom stereocenters. The molecule has 4 rings (SSSR count). The van der Waals surface area contributed by atoms with Crippen molar-refractivity contribution in [2.45, 2.75) is 0 Å². The van der Waals surface area contributed by atoms with Gasteiger partial charge < -0.3 is 9.88 Å². The lowest BCUT2D eigenvalue weighted by Crippen LogP contribution is -2.01. The topological polar surface area (TPSA) is 83.8 Å². The molecule has 0 radical (unpaired) electrons. The molecule has 0 saturated carbocycles. The molecule has 0 saturated heterocycles. The van der Waals surface area contributed by atoms with Gasteiger partial charge in [-0.15, -0.1) is 5.10 Å². The second-order valence-electron chi connectivity index (χ2n) is 5.02. The molecule has 24 heavy (non-hydrogen) atoms. The van der Waals surface area contributed by atoms with Crippen LogP contribution in [0.4, 0.5) is 11.6 Å². The monoisotopic (exact) mass is 335 g/mol. The first kappa shape index (κ1) is 14.2. The van der Waals surface area contributed by atoms with Gasteiger partial charge in [-0.3, -0.25) is 0 Å². The average molecular weight is 336 g/mol. The highest BCUT2D eigenvalue weighted by atomic mass is 35.5. The highest BCUT2D eigenvalue weighted by Gasteiger charge is 2.08. The second kappa shape index (κ2) is 5.68. The van der Waals surface area contributed by atoms with E-state index in [2.05, 4.69) is 26.5 Å². The minimum Gasteiger partial charge on any atom is -0.322 e. The third-order valence-electron chi connectivity index (χ3n) is 3.49. The van der Waals surface area contributed by atoms with Crippen molar-refractivity contribution in [2.24, 2.45) is 0 Å². The predicted molar refractivity (Wildman–Crippen MR) is 89.6 cm³/mol. The summed E-state index contributed by atoms with van der Waals surface area (Å²) >= 11 is 5.94. The van der Waals surface area contributed by atoms with Crippen LogP contribution < -0.4 is 5.32 Å². The van der Waals surface area contributed by atoms with E-state index in [1.807, 2.05) is 35.0 Å². The third kappa shape index (κ3) is 2.55. The maximum atomic E-state index is 8.85. The summed E-state index contributed by atoms with van der Waals surface area (Å²) < 4.78 is 3.50. The Labute approximate surface area is 141 Å².